The molecule has 2 fully saturated rings. The predicted octanol–water partition coefficient (Wildman–Crippen LogP) is 2.45. The van der Waals surface area contributed by atoms with Gasteiger partial charge in [-0.25, -0.2) is 0 Å². The van der Waals surface area contributed by atoms with Crippen LogP contribution in [0.5, 0.6) is 0 Å². The second-order valence-electron chi connectivity index (χ2n) is 6.06. The quantitative estimate of drug-likeness (QED) is 0.441. The summed E-state index contributed by atoms with van der Waals surface area (Å²) in [6, 6.07) is -1.61. The molecule has 2 saturated heterocycles. The van der Waals surface area contributed by atoms with E-state index < -0.39 is 6.04 Å². The standard InChI is InChI=1S/C11H23N2OPSe/c1-6-7-14-15(16,12-8-10(12,2)3)13-9-11(13,4)5/h6-9H2,1-5H3. The number of nitrogens with zero attached hydrogens (tertiary/aromatic N) is 2. The summed E-state index contributed by atoms with van der Waals surface area (Å²) < 4.78 is 11.2. The molecule has 2 heterocycles. The van der Waals surface area contributed by atoms with Crippen molar-refractivity contribution in [3.05, 3.63) is 0 Å². The summed E-state index contributed by atoms with van der Waals surface area (Å²) in [5, 5.41) is 0. The molecule has 16 heavy (non-hydrogen) atoms. The van der Waals surface area contributed by atoms with Gasteiger partial charge in [-0.2, -0.15) is 0 Å². The van der Waals surface area contributed by atoms with Crippen LogP contribution >= 0.6 is 6.04 Å². The van der Waals surface area contributed by atoms with Crippen LogP contribution in [0.4, 0.5) is 0 Å². The van der Waals surface area contributed by atoms with E-state index in [4.69, 9.17) is 4.52 Å². The van der Waals surface area contributed by atoms with E-state index in [9.17, 15) is 0 Å². The van der Waals surface area contributed by atoms with Gasteiger partial charge >= 0.3 is 107 Å². The second-order valence-corrected chi connectivity index (χ2v) is 11.3. The summed E-state index contributed by atoms with van der Waals surface area (Å²) in [6.45, 7) is 14.5. The molecule has 0 radical (unpaired) electrons. The third kappa shape index (κ3) is 2.21. The van der Waals surface area contributed by atoms with Gasteiger partial charge in [0.2, 0.25) is 0 Å². The molecule has 0 N–H and O–H groups in total. The molecule has 2 unspecified atom stereocenters. The summed E-state index contributed by atoms with van der Waals surface area (Å²) in [5.41, 5.74) is 0.650. The molecule has 3 nitrogen and oxygen atoms in total. The Bertz CT molecular complexity index is 317. The first-order chi connectivity index (χ1) is 7.24. The fraction of sp³-hybridized carbons (Fsp3) is 1.00. The van der Waals surface area contributed by atoms with Gasteiger partial charge in [0.15, 0.2) is 0 Å². The molecular formula is C11H23N2OPSe. The van der Waals surface area contributed by atoms with Crippen molar-refractivity contribution in [2.45, 2.75) is 52.1 Å². The van der Waals surface area contributed by atoms with Gasteiger partial charge in [0.05, 0.1) is 0 Å². The third-order valence-corrected chi connectivity index (χ3v) is 9.59. The molecule has 2 rings (SSSR count). The summed E-state index contributed by atoms with van der Waals surface area (Å²) in [5.74, 6) is 0. The van der Waals surface area contributed by atoms with Crippen LogP contribution in [-0.2, 0) is 4.52 Å². The van der Waals surface area contributed by atoms with Gasteiger partial charge in [-0.1, -0.05) is 0 Å². The van der Waals surface area contributed by atoms with Crippen molar-refractivity contribution >= 4 is 21.1 Å². The Balaban J connectivity index is 2.12. The first kappa shape index (κ1) is 13.3. The van der Waals surface area contributed by atoms with Crippen molar-refractivity contribution in [1.82, 2.24) is 9.34 Å². The van der Waals surface area contributed by atoms with Gasteiger partial charge < -0.3 is 0 Å². The maximum atomic E-state index is 6.21. The Hall–Kier alpha value is 0.829. The second kappa shape index (κ2) is 3.91. The molecule has 0 aromatic heterocycles. The SMILES string of the molecule is CCCOP(=[Se])(N1CC1(C)C)N1CC1(C)C. The molecule has 5 heteroatoms. The van der Waals surface area contributed by atoms with Gasteiger partial charge in [-0.15, -0.1) is 0 Å². The van der Waals surface area contributed by atoms with Crippen LogP contribution in [0.3, 0.4) is 0 Å². The Kier molecular flexibility index (Phi) is 3.24. The Morgan fingerprint density at radius 2 is 1.50 bits per heavy atom. The zero-order valence-electron chi connectivity index (χ0n) is 11.0. The van der Waals surface area contributed by atoms with Crippen LogP contribution in [0.1, 0.15) is 41.0 Å². The Labute approximate surface area is 107 Å². The minimum absolute atomic E-state index is 0.325. The van der Waals surface area contributed by atoms with Crippen LogP contribution in [0.25, 0.3) is 0 Å². The van der Waals surface area contributed by atoms with E-state index in [-0.39, 0.29) is 0 Å². The van der Waals surface area contributed by atoms with Crippen molar-refractivity contribution in [3.8, 4) is 0 Å². The minimum atomic E-state index is -1.61. The zero-order chi connectivity index (χ0) is 12.2. The molecule has 0 aromatic carbocycles. The fourth-order valence-corrected chi connectivity index (χ4v) is 9.36. The molecule has 2 aliphatic rings. The van der Waals surface area contributed by atoms with Crippen LogP contribution in [0.15, 0.2) is 0 Å². The molecule has 94 valence electrons. The average molecular weight is 309 g/mol. The van der Waals surface area contributed by atoms with E-state index in [1.807, 2.05) is 0 Å². The van der Waals surface area contributed by atoms with Crippen molar-refractivity contribution < 1.29 is 4.52 Å². The van der Waals surface area contributed by atoms with E-state index in [0.717, 1.165) is 26.1 Å². The van der Waals surface area contributed by atoms with Crippen LogP contribution in [0, 0.1) is 0 Å². The number of hydrogen-bond donors (Lipinski definition) is 0. The number of hydrogen-bond acceptors (Lipinski definition) is 3. The predicted molar refractivity (Wildman–Crippen MR) is 70.5 cm³/mol. The van der Waals surface area contributed by atoms with Crippen LogP contribution in [-0.4, -0.2) is 55.2 Å². The molecule has 0 aromatic rings. The summed E-state index contributed by atoms with van der Waals surface area (Å²) in [7, 11) is 0. The van der Waals surface area contributed by atoms with Gasteiger partial charge in [-0.3, -0.25) is 0 Å². The molecule has 0 aliphatic carbocycles. The van der Waals surface area contributed by atoms with Crippen LogP contribution in [0.2, 0.25) is 0 Å². The van der Waals surface area contributed by atoms with E-state index in [1.165, 1.54) is 0 Å². The van der Waals surface area contributed by atoms with E-state index >= 15 is 0 Å². The molecule has 0 amide bonds. The molecule has 0 saturated carbocycles. The van der Waals surface area contributed by atoms with E-state index in [0.29, 0.717) is 11.1 Å². The third-order valence-electron chi connectivity index (χ3n) is 3.34. The van der Waals surface area contributed by atoms with Crippen molar-refractivity contribution in [1.29, 1.82) is 0 Å². The average Bonchev–Trinajstić information content (AvgIpc) is 2.99. The topological polar surface area (TPSA) is 15.2 Å². The first-order valence-corrected chi connectivity index (χ1v) is 9.88. The van der Waals surface area contributed by atoms with E-state index in [2.05, 4.69) is 59.1 Å². The Morgan fingerprint density at radius 3 is 1.75 bits per heavy atom. The van der Waals surface area contributed by atoms with Crippen molar-refractivity contribution in [2.75, 3.05) is 19.7 Å². The molecule has 0 bridgehead atoms. The summed E-state index contributed by atoms with van der Waals surface area (Å²) in [4.78, 5) is 0. The van der Waals surface area contributed by atoms with Gasteiger partial charge in [0.1, 0.15) is 0 Å². The molecule has 2 aliphatic heterocycles. The monoisotopic (exact) mass is 310 g/mol. The Morgan fingerprint density at radius 1 is 1.12 bits per heavy atom. The van der Waals surface area contributed by atoms with Gasteiger partial charge in [0, 0.05) is 0 Å². The van der Waals surface area contributed by atoms with Gasteiger partial charge in [-0.05, 0) is 0 Å². The molecule has 0 spiro atoms. The normalized spacial score (nSPS) is 37.8. The molecule has 2 atom stereocenters. The first-order valence-electron chi connectivity index (χ1n) is 6.05. The molecular weight excluding hydrogens is 286 g/mol. The summed E-state index contributed by atoms with van der Waals surface area (Å²) >= 11 is 3.40. The van der Waals surface area contributed by atoms with Crippen LogP contribution < -0.4 is 0 Å². The van der Waals surface area contributed by atoms with Gasteiger partial charge in [0.25, 0.3) is 0 Å². The maximum absolute atomic E-state index is 6.21. The number of rotatable bonds is 5. The van der Waals surface area contributed by atoms with Crippen molar-refractivity contribution in [2.24, 2.45) is 0 Å². The summed E-state index contributed by atoms with van der Waals surface area (Å²) in [6.07, 6.45) is 1.09. The zero-order valence-corrected chi connectivity index (χ0v) is 13.6. The van der Waals surface area contributed by atoms with E-state index in [1.54, 1.807) is 0 Å². The fourth-order valence-electron chi connectivity index (χ4n) is 2.01. The van der Waals surface area contributed by atoms with Crippen molar-refractivity contribution in [3.63, 3.8) is 0 Å².